The van der Waals surface area contributed by atoms with E-state index in [4.69, 9.17) is 4.74 Å². The molecule has 90 valence electrons. The fraction of sp³-hybridized carbons (Fsp3) is 0.600. The maximum Gasteiger partial charge on any atom is 0.183 e. The molecule has 0 saturated carbocycles. The van der Waals surface area contributed by atoms with Crippen LogP contribution in [0.2, 0.25) is 0 Å². The smallest absolute Gasteiger partial charge is 0.183 e. The number of hydrogen-bond acceptors (Lipinski definition) is 4. The van der Waals surface area contributed by atoms with Gasteiger partial charge in [0.05, 0.1) is 23.8 Å². The van der Waals surface area contributed by atoms with E-state index in [1.807, 2.05) is 7.05 Å². The Kier molecular flexibility index (Phi) is 5.65. The first kappa shape index (κ1) is 13.3. The van der Waals surface area contributed by atoms with Gasteiger partial charge in [0, 0.05) is 20.1 Å². The van der Waals surface area contributed by atoms with Crippen LogP contribution in [0.4, 0.5) is 0 Å². The van der Waals surface area contributed by atoms with Gasteiger partial charge in [0.2, 0.25) is 0 Å². The summed E-state index contributed by atoms with van der Waals surface area (Å²) in [4.78, 5) is 11.9. The van der Waals surface area contributed by atoms with Gasteiger partial charge in [-0.1, -0.05) is 0 Å². The van der Waals surface area contributed by atoms with Gasteiger partial charge in [-0.25, -0.2) is 0 Å². The summed E-state index contributed by atoms with van der Waals surface area (Å²) < 4.78 is 7.38. The van der Waals surface area contributed by atoms with Crippen molar-refractivity contribution in [2.24, 2.45) is 0 Å². The molecular formula is C10H16BrN3O2. The number of hydrogen-bond donors (Lipinski definition) is 1. The predicted molar refractivity (Wildman–Crippen MR) is 64.7 cm³/mol. The molecule has 0 spiro atoms. The van der Waals surface area contributed by atoms with Crippen molar-refractivity contribution in [1.82, 2.24) is 15.1 Å². The van der Waals surface area contributed by atoms with Crippen molar-refractivity contribution in [1.29, 1.82) is 0 Å². The molecule has 0 amide bonds. The summed E-state index contributed by atoms with van der Waals surface area (Å²) in [5, 5.41) is 7.08. The molecule has 0 unspecified atom stereocenters. The lowest BCUT2D eigenvalue weighted by Gasteiger charge is -2.06. The first-order valence-electron chi connectivity index (χ1n) is 5.08. The zero-order chi connectivity index (χ0) is 12.0. The molecule has 0 atom stereocenters. The molecule has 1 N–H and O–H groups in total. The molecule has 6 heteroatoms. The Balaban J connectivity index is 2.75. The normalized spacial score (nSPS) is 10.7. The van der Waals surface area contributed by atoms with Crippen molar-refractivity contribution < 1.29 is 9.53 Å². The SMILES string of the molecule is CNCCC(=O)c1c(Br)cnn1CCOC. The third-order valence-electron chi connectivity index (χ3n) is 2.17. The molecule has 16 heavy (non-hydrogen) atoms. The highest BCUT2D eigenvalue weighted by Gasteiger charge is 2.16. The van der Waals surface area contributed by atoms with Gasteiger partial charge in [0.25, 0.3) is 0 Å². The van der Waals surface area contributed by atoms with Crippen LogP contribution in [0, 0.1) is 0 Å². The molecule has 0 aliphatic carbocycles. The quantitative estimate of drug-likeness (QED) is 0.764. The average molecular weight is 290 g/mol. The van der Waals surface area contributed by atoms with Crippen LogP contribution in [0.3, 0.4) is 0 Å². The van der Waals surface area contributed by atoms with Crippen LogP contribution in [-0.2, 0) is 11.3 Å². The Morgan fingerprint density at radius 2 is 2.44 bits per heavy atom. The second kappa shape index (κ2) is 6.78. The monoisotopic (exact) mass is 289 g/mol. The van der Waals surface area contributed by atoms with Crippen LogP contribution in [-0.4, -0.2) is 42.9 Å². The number of carbonyl (C=O) groups excluding carboxylic acids is 1. The minimum absolute atomic E-state index is 0.0785. The van der Waals surface area contributed by atoms with E-state index in [9.17, 15) is 4.79 Å². The van der Waals surface area contributed by atoms with E-state index >= 15 is 0 Å². The van der Waals surface area contributed by atoms with Gasteiger partial charge in [-0.15, -0.1) is 0 Å². The number of Topliss-reactive ketones (excluding diaryl/α,β-unsaturated/α-hetero) is 1. The van der Waals surface area contributed by atoms with Crippen LogP contribution < -0.4 is 5.32 Å². The van der Waals surface area contributed by atoms with Gasteiger partial charge in [-0.3, -0.25) is 9.48 Å². The van der Waals surface area contributed by atoms with E-state index in [1.54, 1.807) is 18.0 Å². The molecular weight excluding hydrogens is 274 g/mol. The van der Waals surface area contributed by atoms with E-state index in [0.29, 0.717) is 31.8 Å². The molecule has 1 heterocycles. The molecule has 0 radical (unpaired) electrons. The lowest BCUT2D eigenvalue weighted by Crippen LogP contribution is -2.18. The lowest BCUT2D eigenvalue weighted by atomic mass is 10.2. The van der Waals surface area contributed by atoms with Crippen molar-refractivity contribution in [3.05, 3.63) is 16.4 Å². The first-order chi connectivity index (χ1) is 7.70. The Morgan fingerprint density at radius 1 is 1.69 bits per heavy atom. The minimum Gasteiger partial charge on any atom is -0.383 e. The Bertz CT molecular complexity index is 352. The van der Waals surface area contributed by atoms with Gasteiger partial charge >= 0.3 is 0 Å². The fourth-order valence-electron chi connectivity index (χ4n) is 1.34. The van der Waals surface area contributed by atoms with Crippen molar-refractivity contribution >= 4 is 21.7 Å². The van der Waals surface area contributed by atoms with Crippen LogP contribution >= 0.6 is 15.9 Å². The third-order valence-corrected chi connectivity index (χ3v) is 2.75. The highest BCUT2D eigenvalue weighted by atomic mass is 79.9. The number of carbonyl (C=O) groups is 1. The van der Waals surface area contributed by atoms with Crippen molar-refractivity contribution in [3.63, 3.8) is 0 Å². The molecule has 5 nitrogen and oxygen atoms in total. The lowest BCUT2D eigenvalue weighted by molar-refractivity contribution is 0.0968. The summed E-state index contributed by atoms with van der Waals surface area (Å²) in [5.74, 6) is 0.0785. The van der Waals surface area contributed by atoms with E-state index in [1.165, 1.54) is 0 Å². The fourth-order valence-corrected chi connectivity index (χ4v) is 1.86. The maximum absolute atomic E-state index is 11.9. The molecule has 0 aliphatic heterocycles. The molecule has 1 aromatic heterocycles. The zero-order valence-electron chi connectivity index (χ0n) is 9.49. The van der Waals surface area contributed by atoms with Crippen molar-refractivity contribution in [2.75, 3.05) is 27.3 Å². The minimum atomic E-state index is 0.0785. The van der Waals surface area contributed by atoms with E-state index in [-0.39, 0.29) is 5.78 Å². The summed E-state index contributed by atoms with van der Waals surface area (Å²) >= 11 is 3.34. The van der Waals surface area contributed by atoms with Gasteiger partial charge in [-0.05, 0) is 23.0 Å². The summed E-state index contributed by atoms with van der Waals surface area (Å²) in [6.07, 6.45) is 2.11. The number of rotatable bonds is 7. The van der Waals surface area contributed by atoms with Crippen molar-refractivity contribution in [3.8, 4) is 0 Å². The zero-order valence-corrected chi connectivity index (χ0v) is 11.1. The predicted octanol–water partition coefficient (Wildman–Crippen LogP) is 1.08. The van der Waals surface area contributed by atoms with E-state index < -0.39 is 0 Å². The van der Waals surface area contributed by atoms with Gasteiger partial charge in [0.15, 0.2) is 5.78 Å². The molecule has 0 aliphatic rings. The van der Waals surface area contributed by atoms with Crippen LogP contribution in [0.15, 0.2) is 10.7 Å². The van der Waals surface area contributed by atoms with Crippen LogP contribution in [0.1, 0.15) is 16.9 Å². The largest absolute Gasteiger partial charge is 0.383 e. The van der Waals surface area contributed by atoms with Gasteiger partial charge < -0.3 is 10.1 Å². The summed E-state index contributed by atoms with van der Waals surface area (Å²) in [5.41, 5.74) is 0.618. The average Bonchev–Trinajstić information content (AvgIpc) is 2.64. The molecule has 0 saturated heterocycles. The summed E-state index contributed by atoms with van der Waals surface area (Å²) in [7, 11) is 3.45. The topological polar surface area (TPSA) is 56.2 Å². The number of aromatic nitrogens is 2. The standard InChI is InChI=1S/C10H16BrN3O2/c1-12-4-3-9(15)10-8(11)7-13-14(10)5-6-16-2/h7,12H,3-6H2,1-2H3. The Morgan fingerprint density at radius 3 is 3.06 bits per heavy atom. The molecule has 0 aromatic carbocycles. The van der Waals surface area contributed by atoms with Crippen molar-refractivity contribution in [2.45, 2.75) is 13.0 Å². The van der Waals surface area contributed by atoms with Crippen LogP contribution in [0.5, 0.6) is 0 Å². The first-order valence-corrected chi connectivity index (χ1v) is 5.88. The number of methoxy groups -OCH3 is 1. The molecule has 1 rings (SSSR count). The second-order valence-corrected chi connectivity index (χ2v) is 4.19. The molecule has 1 aromatic rings. The Hall–Kier alpha value is -0.720. The third kappa shape index (κ3) is 3.40. The summed E-state index contributed by atoms with van der Waals surface area (Å²) in [6, 6.07) is 0. The summed E-state index contributed by atoms with van der Waals surface area (Å²) in [6.45, 7) is 1.80. The van der Waals surface area contributed by atoms with Gasteiger partial charge in [0.1, 0.15) is 5.69 Å². The number of nitrogens with one attached hydrogen (secondary N) is 1. The van der Waals surface area contributed by atoms with Gasteiger partial charge in [-0.2, -0.15) is 5.10 Å². The molecule has 0 fully saturated rings. The van der Waals surface area contributed by atoms with Crippen LogP contribution in [0.25, 0.3) is 0 Å². The van der Waals surface area contributed by atoms with E-state index in [2.05, 4.69) is 26.3 Å². The highest BCUT2D eigenvalue weighted by Crippen LogP contribution is 2.17. The number of ketones is 1. The second-order valence-electron chi connectivity index (χ2n) is 3.33. The highest BCUT2D eigenvalue weighted by molar-refractivity contribution is 9.10. The Labute approximate surface area is 103 Å². The molecule has 0 bridgehead atoms. The number of halogens is 1. The number of nitrogens with zero attached hydrogens (tertiary/aromatic N) is 2. The maximum atomic E-state index is 11.9. The van der Waals surface area contributed by atoms with E-state index in [0.717, 1.165) is 4.47 Å². The number of ether oxygens (including phenoxy) is 1.